The summed E-state index contributed by atoms with van der Waals surface area (Å²) in [6, 6.07) is 80.1. The fourth-order valence-corrected chi connectivity index (χ4v) is 14.8. The lowest BCUT2D eigenvalue weighted by Gasteiger charge is -2.37. The van der Waals surface area contributed by atoms with Crippen LogP contribution in [0.15, 0.2) is 243 Å². The average molecular weight is 1210 g/mol. The second-order valence-electron chi connectivity index (χ2n) is 24.5. The van der Waals surface area contributed by atoms with Gasteiger partial charge in [0, 0.05) is 116 Å². The van der Waals surface area contributed by atoms with Crippen molar-refractivity contribution in [3.8, 4) is 44.2 Å². The summed E-state index contributed by atoms with van der Waals surface area (Å²) in [5.41, 5.74) is 12.0. The van der Waals surface area contributed by atoms with Gasteiger partial charge in [-0.3, -0.25) is 0 Å². The Hall–Kier alpha value is -9.61. The molecule has 5 nitrogen and oxygen atoms in total. The molecule has 0 bridgehead atoms. The van der Waals surface area contributed by atoms with Crippen LogP contribution in [-0.4, -0.2) is 39.3 Å². The van der Waals surface area contributed by atoms with Crippen molar-refractivity contribution < 1.29 is 13.9 Å². The molecule has 452 valence electrons. The summed E-state index contributed by atoms with van der Waals surface area (Å²) >= 11 is 1.78. The number of anilines is 3. The van der Waals surface area contributed by atoms with Crippen LogP contribution in [0.25, 0.3) is 54.6 Å². The molecule has 11 aromatic rings. The maximum Gasteiger partial charge on any atom is 0.180 e. The minimum Gasteiger partial charge on any atom is -0.473 e. The molecular formula is C84H76FN3O2S. The number of thiophene rings is 1. The molecule has 0 spiro atoms. The van der Waals surface area contributed by atoms with E-state index in [-0.39, 0.29) is 5.82 Å². The second kappa shape index (κ2) is 26.5. The Morgan fingerprint density at radius 2 is 0.967 bits per heavy atom. The van der Waals surface area contributed by atoms with Crippen LogP contribution in [-0.2, 0) is 11.2 Å². The van der Waals surface area contributed by atoms with E-state index in [9.17, 15) is 0 Å². The third-order valence-corrected chi connectivity index (χ3v) is 19.9. The lowest BCUT2D eigenvalue weighted by molar-refractivity contribution is 0.156. The quantitative estimate of drug-likeness (QED) is 0.0954. The highest BCUT2D eigenvalue weighted by atomic mass is 32.1. The van der Waals surface area contributed by atoms with Crippen LogP contribution in [0.4, 0.5) is 21.5 Å². The van der Waals surface area contributed by atoms with Crippen LogP contribution >= 0.6 is 11.3 Å². The summed E-state index contributed by atoms with van der Waals surface area (Å²) in [6.07, 6.45) is 18.4. The molecule has 7 heteroatoms. The molecule has 2 unspecified atom stereocenters. The van der Waals surface area contributed by atoms with Crippen molar-refractivity contribution in [2.75, 3.05) is 54.0 Å². The van der Waals surface area contributed by atoms with E-state index in [2.05, 4.69) is 259 Å². The van der Waals surface area contributed by atoms with Gasteiger partial charge in [0.1, 0.15) is 17.3 Å². The van der Waals surface area contributed by atoms with E-state index in [1.54, 1.807) is 17.4 Å². The molecule has 15 rings (SSSR count). The highest BCUT2D eigenvalue weighted by Crippen LogP contribution is 2.50. The highest BCUT2D eigenvalue weighted by molar-refractivity contribution is 7.18. The van der Waals surface area contributed by atoms with Gasteiger partial charge in [-0.25, -0.2) is 4.39 Å². The Morgan fingerprint density at radius 3 is 1.58 bits per heavy atom. The van der Waals surface area contributed by atoms with Crippen molar-refractivity contribution in [3.05, 3.63) is 293 Å². The molecule has 0 aliphatic carbocycles. The summed E-state index contributed by atoms with van der Waals surface area (Å²) in [6.45, 7) is 11.1. The predicted molar refractivity (Wildman–Crippen MR) is 381 cm³/mol. The van der Waals surface area contributed by atoms with E-state index in [0.29, 0.717) is 5.56 Å². The lowest BCUT2D eigenvalue weighted by atomic mass is 9.82. The lowest BCUT2D eigenvalue weighted by Crippen LogP contribution is -2.35. The smallest absolute Gasteiger partial charge is 0.180 e. The normalized spacial score (nSPS) is 17.1. The number of nitrogens with zero attached hydrogens (tertiary/aromatic N) is 3. The van der Waals surface area contributed by atoms with Gasteiger partial charge in [0.25, 0.3) is 0 Å². The molecule has 0 amide bonds. The molecule has 2 saturated heterocycles. The first-order valence-electron chi connectivity index (χ1n) is 32.8. The van der Waals surface area contributed by atoms with E-state index in [1.807, 2.05) is 24.3 Å². The minimum atomic E-state index is -1.10. The van der Waals surface area contributed by atoms with Gasteiger partial charge in [0.2, 0.25) is 0 Å². The number of hydrogen-bond donors (Lipinski definition) is 0. The van der Waals surface area contributed by atoms with Crippen molar-refractivity contribution in [2.24, 2.45) is 0 Å². The van der Waals surface area contributed by atoms with Gasteiger partial charge in [-0.2, -0.15) is 0 Å². The van der Waals surface area contributed by atoms with Gasteiger partial charge in [-0.15, -0.1) is 11.3 Å². The van der Waals surface area contributed by atoms with Crippen molar-refractivity contribution in [3.63, 3.8) is 0 Å². The van der Waals surface area contributed by atoms with E-state index in [4.69, 9.17) is 9.47 Å². The SMILES string of the molecule is CCCCN(CCCC)c1ccc(C#Cc2cc3c(c4ccccc24)C=CC(c2ccccc2)(c2ccc(N4CCCC4)cc2)O3)cc1.Fc1ccccc1C1(c2ccc(N3CCCC3)cc2)C=Cc2c(cc(-c3ccc(-c4ccccc4)s3)c3ccccc23)O1. The fraction of sp³-hybridized carbons (Fsp3) is 0.214. The van der Waals surface area contributed by atoms with Crippen LogP contribution in [0.1, 0.15) is 110 Å². The summed E-state index contributed by atoms with van der Waals surface area (Å²) in [4.78, 5) is 9.80. The zero-order chi connectivity index (χ0) is 61.6. The van der Waals surface area contributed by atoms with Crippen molar-refractivity contribution >= 4 is 62.1 Å². The summed E-state index contributed by atoms with van der Waals surface area (Å²) in [7, 11) is 0. The third-order valence-electron chi connectivity index (χ3n) is 18.7. The first kappa shape index (κ1) is 59.0. The highest BCUT2D eigenvalue weighted by Gasteiger charge is 2.41. The zero-order valence-corrected chi connectivity index (χ0v) is 52.9. The topological polar surface area (TPSA) is 28.2 Å². The molecular weight excluding hydrogens is 1130 g/mol. The minimum absolute atomic E-state index is 0.286. The molecule has 5 heterocycles. The maximum absolute atomic E-state index is 15.6. The van der Waals surface area contributed by atoms with Crippen molar-refractivity contribution in [1.29, 1.82) is 0 Å². The molecule has 10 aromatic carbocycles. The van der Waals surface area contributed by atoms with Gasteiger partial charge >= 0.3 is 0 Å². The first-order chi connectivity index (χ1) is 44.9. The van der Waals surface area contributed by atoms with Gasteiger partial charge in [0.05, 0.1) is 0 Å². The zero-order valence-electron chi connectivity index (χ0n) is 52.1. The Kier molecular flexibility index (Phi) is 17.2. The number of hydrogen-bond acceptors (Lipinski definition) is 6. The number of unbranched alkanes of at least 4 members (excludes halogenated alkanes) is 2. The van der Waals surface area contributed by atoms with Crippen molar-refractivity contribution in [1.82, 2.24) is 0 Å². The Morgan fingerprint density at radius 1 is 0.473 bits per heavy atom. The number of halogens is 1. The molecule has 4 aliphatic heterocycles. The van der Waals surface area contributed by atoms with E-state index >= 15 is 4.39 Å². The van der Waals surface area contributed by atoms with Crippen molar-refractivity contribution in [2.45, 2.75) is 76.4 Å². The molecule has 2 atom stereocenters. The van der Waals surface area contributed by atoms with E-state index in [0.717, 1.165) is 111 Å². The second-order valence-corrected chi connectivity index (χ2v) is 25.5. The van der Waals surface area contributed by atoms with Crippen LogP contribution in [0, 0.1) is 17.7 Å². The molecule has 0 N–H and O–H groups in total. The Labute approximate surface area is 540 Å². The summed E-state index contributed by atoms with van der Waals surface area (Å²) in [5, 5.41) is 4.58. The Bertz CT molecular complexity index is 4470. The average Bonchev–Trinajstić information content (AvgIpc) is 1.63. The third kappa shape index (κ3) is 11.9. The summed E-state index contributed by atoms with van der Waals surface area (Å²) in [5.74, 6) is 8.34. The van der Waals surface area contributed by atoms with E-state index < -0.39 is 11.2 Å². The van der Waals surface area contributed by atoms with Gasteiger partial charge in [-0.05, 0) is 169 Å². The number of rotatable bonds is 15. The van der Waals surface area contributed by atoms with E-state index in [1.165, 1.54) is 95.2 Å². The molecule has 0 saturated carbocycles. The van der Waals surface area contributed by atoms with Gasteiger partial charge < -0.3 is 24.2 Å². The molecule has 0 radical (unpaired) electrons. The molecule has 4 aliphatic rings. The summed E-state index contributed by atoms with van der Waals surface area (Å²) < 4.78 is 29.9. The van der Waals surface area contributed by atoms with Gasteiger partial charge in [-0.1, -0.05) is 190 Å². The monoisotopic (exact) mass is 1210 g/mol. The maximum atomic E-state index is 15.6. The predicted octanol–water partition coefficient (Wildman–Crippen LogP) is 20.9. The van der Waals surface area contributed by atoms with Crippen LogP contribution in [0.3, 0.4) is 0 Å². The molecule has 2 fully saturated rings. The number of ether oxygens (including phenoxy) is 2. The number of fused-ring (bicyclic) bond motifs is 6. The van der Waals surface area contributed by atoms with Crippen LogP contribution in [0.2, 0.25) is 0 Å². The molecule has 91 heavy (non-hydrogen) atoms. The fourth-order valence-electron chi connectivity index (χ4n) is 13.8. The Balaban J connectivity index is 0.000000159. The largest absolute Gasteiger partial charge is 0.473 e. The first-order valence-corrected chi connectivity index (χ1v) is 33.6. The van der Waals surface area contributed by atoms with Crippen LogP contribution in [0.5, 0.6) is 11.5 Å². The van der Waals surface area contributed by atoms with Crippen LogP contribution < -0.4 is 24.2 Å². The standard InChI is InChI=1S/C45H46N2O.C39H30FNOS/c1-3-5-30-46(31-6-4-2)39-24-19-35(20-25-39)18-21-36-34-44-43(42-17-11-10-16-41(36)42)28-29-45(48-44,37-14-8-7-9-15-37)38-22-26-40(27-23-38)47-32-12-13-33-47;40-35-15-7-6-14-34(35)39(28-16-18-29(19-17-28)41-24-8-9-25-41)23-22-32-30-12-4-5-13-31(30)33(26-36(32)42-39)38-21-20-37(43-38)27-10-2-1-3-11-27/h7-11,14-17,19-20,22-29,34H,3-6,12-13,30-33H2,1-2H3;1-7,10-23,26H,8-9,24-25H2. The molecule has 1 aromatic heterocycles. The number of benzene rings is 10. The van der Waals surface area contributed by atoms with Gasteiger partial charge in [0.15, 0.2) is 11.2 Å².